The number of nitrogens with one attached hydrogen (secondary N) is 1. The average molecular weight is 356 g/mol. The molecular weight excluding hydrogens is 337 g/mol. The lowest BCUT2D eigenvalue weighted by Gasteiger charge is -2.14. The Morgan fingerprint density at radius 3 is 2.86 bits per heavy atom. The molecule has 0 spiro atoms. The van der Waals surface area contributed by atoms with Crippen molar-refractivity contribution in [2.24, 2.45) is 0 Å². The maximum Gasteiger partial charge on any atom is 0.228 e. The van der Waals surface area contributed by atoms with E-state index in [0.717, 1.165) is 24.9 Å². The van der Waals surface area contributed by atoms with E-state index in [9.17, 15) is 4.39 Å². The Kier molecular flexibility index (Phi) is 5.87. The minimum atomic E-state index is -0.301. The first-order valence-corrected chi connectivity index (χ1v) is 7.94. The maximum absolute atomic E-state index is 13.1. The van der Waals surface area contributed by atoms with Crippen LogP contribution in [0.2, 0.25) is 0 Å². The molecule has 1 unspecified atom stereocenters. The second-order valence-corrected chi connectivity index (χ2v) is 5.74. The first-order valence-electron chi connectivity index (χ1n) is 7.15. The van der Waals surface area contributed by atoms with Crippen LogP contribution in [0.15, 0.2) is 27.2 Å². The van der Waals surface area contributed by atoms with E-state index in [-0.39, 0.29) is 5.82 Å². The quantitative estimate of drug-likeness (QED) is 0.816. The fourth-order valence-electron chi connectivity index (χ4n) is 2.24. The minimum absolute atomic E-state index is 0.301. The Bertz CT molecular complexity index is 582. The van der Waals surface area contributed by atoms with Crippen molar-refractivity contribution < 1.29 is 8.91 Å². The first-order chi connectivity index (χ1) is 10.1. The molecule has 1 N–H and O–H groups in total. The fourth-order valence-corrected chi connectivity index (χ4v) is 2.77. The molecule has 1 aromatic heterocycles. The zero-order valence-electron chi connectivity index (χ0n) is 12.2. The molecular formula is C15H19BrFN3O. The van der Waals surface area contributed by atoms with E-state index < -0.39 is 0 Å². The summed E-state index contributed by atoms with van der Waals surface area (Å²) >= 11 is 3.32. The molecule has 1 heterocycles. The highest BCUT2D eigenvalue weighted by Gasteiger charge is 2.15. The van der Waals surface area contributed by atoms with Gasteiger partial charge in [0.1, 0.15) is 5.82 Å². The summed E-state index contributed by atoms with van der Waals surface area (Å²) in [5.41, 5.74) is 0.724. The summed E-state index contributed by atoms with van der Waals surface area (Å²) in [5, 5.41) is 7.40. The SMILES string of the molecule is CCCC(Cc1nc(-c2ccc(F)cc2Br)no1)NCC. The Labute approximate surface area is 132 Å². The minimum Gasteiger partial charge on any atom is -0.339 e. The largest absolute Gasteiger partial charge is 0.339 e. The molecule has 0 amide bonds. The summed E-state index contributed by atoms with van der Waals surface area (Å²) in [6, 6.07) is 4.76. The molecule has 2 aromatic rings. The molecule has 21 heavy (non-hydrogen) atoms. The van der Waals surface area contributed by atoms with Gasteiger partial charge in [-0.25, -0.2) is 4.39 Å². The third-order valence-electron chi connectivity index (χ3n) is 3.19. The van der Waals surface area contributed by atoms with Gasteiger partial charge in [-0.3, -0.25) is 0 Å². The van der Waals surface area contributed by atoms with Crippen LogP contribution in [0.3, 0.4) is 0 Å². The van der Waals surface area contributed by atoms with Crippen molar-refractivity contribution in [1.82, 2.24) is 15.5 Å². The van der Waals surface area contributed by atoms with Crippen molar-refractivity contribution in [1.29, 1.82) is 0 Å². The first kappa shape index (κ1) is 16.1. The van der Waals surface area contributed by atoms with Crippen LogP contribution in [-0.2, 0) is 6.42 Å². The molecule has 1 atom stereocenters. The van der Waals surface area contributed by atoms with Gasteiger partial charge in [-0.2, -0.15) is 4.98 Å². The van der Waals surface area contributed by atoms with Gasteiger partial charge in [0.15, 0.2) is 0 Å². The van der Waals surface area contributed by atoms with Crippen LogP contribution in [0.4, 0.5) is 4.39 Å². The van der Waals surface area contributed by atoms with Crippen molar-refractivity contribution in [2.75, 3.05) is 6.54 Å². The molecule has 0 fully saturated rings. The number of hydrogen-bond acceptors (Lipinski definition) is 4. The molecule has 114 valence electrons. The number of nitrogens with zero attached hydrogens (tertiary/aromatic N) is 2. The Balaban J connectivity index is 2.13. The summed E-state index contributed by atoms with van der Waals surface area (Å²) in [6.07, 6.45) is 2.86. The molecule has 0 radical (unpaired) electrons. The van der Waals surface area contributed by atoms with E-state index in [1.807, 2.05) is 0 Å². The molecule has 0 aliphatic carbocycles. The van der Waals surface area contributed by atoms with Gasteiger partial charge in [-0.15, -0.1) is 0 Å². The van der Waals surface area contributed by atoms with Crippen LogP contribution in [0.5, 0.6) is 0 Å². The van der Waals surface area contributed by atoms with Crippen LogP contribution in [0.25, 0.3) is 11.4 Å². The van der Waals surface area contributed by atoms with Crippen LogP contribution in [0.1, 0.15) is 32.6 Å². The Morgan fingerprint density at radius 1 is 1.38 bits per heavy atom. The molecule has 0 saturated heterocycles. The number of hydrogen-bond donors (Lipinski definition) is 1. The molecule has 4 nitrogen and oxygen atoms in total. The lowest BCUT2D eigenvalue weighted by atomic mass is 10.1. The highest BCUT2D eigenvalue weighted by Crippen LogP contribution is 2.26. The van der Waals surface area contributed by atoms with E-state index in [1.54, 1.807) is 6.07 Å². The number of aromatic nitrogens is 2. The summed E-state index contributed by atoms with van der Waals surface area (Å²) in [6.45, 7) is 5.14. The topological polar surface area (TPSA) is 51.0 Å². The van der Waals surface area contributed by atoms with E-state index >= 15 is 0 Å². The fraction of sp³-hybridized carbons (Fsp3) is 0.467. The van der Waals surface area contributed by atoms with Crippen molar-refractivity contribution in [3.63, 3.8) is 0 Å². The van der Waals surface area contributed by atoms with E-state index in [1.165, 1.54) is 12.1 Å². The Morgan fingerprint density at radius 2 is 2.19 bits per heavy atom. The Hall–Kier alpha value is -1.27. The molecule has 0 bridgehead atoms. The van der Waals surface area contributed by atoms with Crippen molar-refractivity contribution in [3.8, 4) is 11.4 Å². The lowest BCUT2D eigenvalue weighted by molar-refractivity contribution is 0.352. The number of halogens is 2. The number of rotatable bonds is 7. The highest BCUT2D eigenvalue weighted by atomic mass is 79.9. The van der Waals surface area contributed by atoms with Crippen LogP contribution < -0.4 is 5.32 Å². The van der Waals surface area contributed by atoms with Crippen LogP contribution >= 0.6 is 15.9 Å². The highest BCUT2D eigenvalue weighted by molar-refractivity contribution is 9.10. The molecule has 6 heteroatoms. The third kappa shape index (κ3) is 4.35. The molecule has 0 saturated carbocycles. The average Bonchev–Trinajstić information content (AvgIpc) is 2.87. The summed E-state index contributed by atoms with van der Waals surface area (Å²) in [5.74, 6) is 0.772. The predicted molar refractivity (Wildman–Crippen MR) is 83.5 cm³/mol. The summed E-state index contributed by atoms with van der Waals surface area (Å²) in [7, 11) is 0. The molecule has 1 aromatic carbocycles. The monoisotopic (exact) mass is 355 g/mol. The standard InChI is InChI=1S/C15H19BrFN3O/c1-3-5-11(18-4-2)9-14-19-15(20-21-14)12-7-6-10(17)8-13(12)16/h6-8,11,18H,3-5,9H2,1-2H3. The zero-order valence-corrected chi connectivity index (χ0v) is 13.8. The molecule has 0 aliphatic heterocycles. The zero-order chi connectivity index (χ0) is 15.2. The summed E-state index contributed by atoms with van der Waals surface area (Å²) < 4.78 is 19.0. The van der Waals surface area contributed by atoms with Gasteiger partial charge in [0.2, 0.25) is 11.7 Å². The second kappa shape index (κ2) is 7.66. The van der Waals surface area contributed by atoms with Crippen molar-refractivity contribution in [2.45, 2.75) is 39.2 Å². The van der Waals surface area contributed by atoms with Gasteiger partial charge >= 0.3 is 0 Å². The van der Waals surface area contributed by atoms with Gasteiger partial charge in [0, 0.05) is 22.5 Å². The lowest BCUT2D eigenvalue weighted by Crippen LogP contribution is -2.30. The van der Waals surface area contributed by atoms with Gasteiger partial charge in [0.05, 0.1) is 0 Å². The predicted octanol–water partition coefficient (Wildman–Crippen LogP) is 3.96. The van der Waals surface area contributed by atoms with Crippen LogP contribution in [-0.4, -0.2) is 22.7 Å². The maximum atomic E-state index is 13.1. The van der Waals surface area contributed by atoms with Gasteiger partial charge in [-0.1, -0.05) is 25.4 Å². The van der Waals surface area contributed by atoms with E-state index in [4.69, 9.17) is 4.52 Å². The molecule has 0 aliphatic rings. The smallest absolute Gasteiger partial charge is 0.228 e. The van der Waals surface area contributed by atoms with Gasteiger partial charge in [0.25, 0.3) is 0 Å². The summed E-state index contributed by atoms with van der Waals surface area (Å²) in [4.78, 5) is 4.41. The van der Waals surface area contributed by atoms with Crippen molar-refractivity contribution >= 4 is 15.9 Å². The normalized spacial score (nSPS) is 12.6. The number of likely N-dealkylation sites (N-methyl/N-ethyl adjacent to an activating group) is 1. The second-order valence-electron chi connectivity index (χ2n) is 4.88. The van der Waals surface area contributed by atoms with E-state index in [2.05, 4.69) is 45.2 Å². The molecule has 2 rings (SSSR count). The van der Waals surface area contributed by atoms with Gasteiger partial charge in [-0.05, 0) is 47.1 Å². The third-order valence-corrected chi connectivity index (χ3v) is 3.85. The van der Waals surface area contributed by atoms with E-state index in [0.29, 0.717) is 28.7 Å². The van der Waals surface area contributed by atoms with Crippen LogP contribution in [0, 0.1) is 5.82 Å². The van der Waals surface area contributed by atoms with Gasteiger partial charge < -0.3 is 9.84 Å². The van der Waals surface area contributed by atoms with Crippen molar-refractivity contribution in [3.05, 3.63) is 34.4 Å². The number of benzene rings is 1.